The second-order valence-corrected chi connectivity index (χ2v) is 4.32. The van der Waals surface area contributed by atoms with Gasteiger partial charge in [0.05, 0.1) is 18.7 Å². The van der Waals surface area contributed by atoms with Crippen molar-refractivity contribution < 1.29 is 13.9 Å². The van der Waals surface area contributed by atoms with Crippen LogP contribution in [0.5, 0.6) is 0 Å². The standard InChI is InChI=1S/C12H18N2O3/c1-8-10(5-6-16-8)14(2)12(15)11-4-3-9(7-13)17-11/h3-4,8,10H,5-7,13H2,1-2H3. The van der Waals surface area contributed by atoms with Gasteiger partial charge in [0.1, 0.15) is 5.76 Å². The molecule has 0 radical (unpaired) electrons. The number of nitrogens with zero attached hydrogens (tertiary/aromatic N) is 1. The molecule has 94 valence electrons. The van der Waals surface area contributed by atoms with Crippen molar-refractivity contribution in [2.24, 2.45) is 5.73 Å². The molecule has 2 rings (SSSR count). The van der Waals surface area contributed by atoms with E-state index in [-0.39, 0.29) is 18.1 Å². The van der Waals surface area contributed by atoms with Gasteiger partial charge in [-0.2, -0.15) is 0 Å². The molecule has 5 nitrogen and oxygen atoms in total. The van der Waals surface area contributed by atoms with Crippen LogP contribution in [0, 0.1) is 0 Å². The fraction of sp³-hybridized carbons (Fsp3) is 0.583. The van der Waals surface area contributed by atoms with Gasteiger partial charge < -0.3 is 19.8 Å². The van der Waals surface area contributed by atoms with E-state index in [4.69, 9.17) is 14.9 Å². The smallest absolute Gasteiger partial charge is 0.289 e. The number of likely N-dealkylation sites (N-methyl/N-ethyl adjacent to an activating group) is 1. The first-order valence-corrected chi connectivity index (χ1v) is 5.81. The lowest BCUT2D eigenvalue weighted by Gasteiger charge is -2.25. The highest BCUT2D eigenvalue weighted by atomic mass is 16.5. The van der Waals surface area contributed by atoms with Gasteiger partial charge in [0.2, 0.25) is 0 Å². The molecule has 17 heavy (non-hydrogen) atoms. The molecule has 2 atom stereocenters. The Morgan fingerprint density at radius 1 is 1.59 bits per heavy atom. The normalized spacial score (nSPS) is 23.9. The Bertz CT molecular complexity index is 402. The van der Waals surface area contributed by atoms with E-state index in [2.05, 4.69) is 0 Å². The predicted octanol–water partition coefficient (Wildman–Crippen LogP) is 0.988. The zero-order valence-corrected chi connectivity index (χ0v) is 10.2. The molecule has 0 saturated carbocycles. The van der Waals surface area contributed by atoms with Gasteiger partial charge in [0.25, 0.3) is 5.91 Å². The van der Waals surface area contributed by atoms with E-state index in [0.717, 1.165) is 6.42 Å². The van der Waals surface area contributed by atoms with Crippen molar-refractivity contribution in [3.63, 3.8) is 0 Å². The minimum Gasteiger partial charge on any atom is -0.455 e. The highest BCUT2D eigenvalue weighted by Gasteiger charge is 2.31. The van der Waals surface area contributed by atoms with Crippen molar-refractivity contribution in [3.05, 3.63) is 23.7 Å². The lowest BCUT2D eigenvalue weighted by molar-refractivity contribution is 0.0548. The van der Waals surface area contributed by atoms with E-state index in [1.807, 2.05) is 6.92 Å². The van der Waals surface area contributed by atoms with Crippen LogP contribution >= 0.6 is 0 Å². The van der Waals surface area contributed by atoms with Crippen LogP contribution in [0.25, 0.3) is 0 Å². The molecule has 1 aromatic rings. The van der Waals surface area contributed by atoms with E-state index >= 15 is 0 Å². The molecule has 0 bridgehead atoms. The maximum absolute atomic E-state index is 12.1. The summed E-state index contributed by atoms with van der Waals surface area (Å²) >= 11 is 0. The molecule has 2 heterocycles. The Morgan fingerprint density at radius 3 is 2.88 bits per heavy atom. The Labute approximate surface area is 101 Å². The minimum absolute atomic E-state index is 0.0768. The maximum atomic E-state index is 12.1. The molecule has 5 heteroatoms. The number of amides is 1. The van der Waals surface area contributed by atoms with E-state index in [9.17, 15) is 4.79 Å². The second-order valence-electron chi connectivity index (χ2n) is 4.32. The fourth-order valence-electron chi connectivity index (χ4n) is 2.16. The van der Waals surface area contributed by atoms with Crippen molar-refractivity contribution in [2.75, 3.05) is 13.7 Å². The van der Waals surface area contributed by atoms with Crippen LogP contribution in [0.15, 0.2) is 16.5 Å². The number of nitrogens with two attached hydrogens (primary N) is 1. The maximum Gasteiger partial charge on any atom is 0.289 e. The number of furan rings is 1. The van der Waals surface area contributed by atoms with Crippen LogP contribution in [0.4, 0.5) is 0 Å². The first-order valence-electron chi connectivity index (χ1n) is 5.81. The van der Waals surface area contributed by atoms with Gasteiger partial charge in [-0.1, -0.05) is 0 Å². The van der Waals surface area contributed by atoms with Crippen LogP contribution in [0.2, 0.25) is 0 Å². The van der Waals surface area contributed by atoms with Gasteiger partial charge in [0.15, 0.2) is 5.76 Å². The van der Waals surface area contributed by atoms with E-state index in [1.165, 1.54) is 0 Å². The van der Waals surface area contributed by atoms with Gasteiger partial charge in [-0.15, -0.1) is 0 Å². The van der Waals surface area contributed by atoms with Gasteiger partial charge in [-0.05, 0) is 25.5 Å². The number of rotatable bonds is 3. The molecule has 2 N–H and O–H groups in total. The zero-order valence-electron chi connectivity index (χ0n) is 10.2. The number of hydrogen-bond acceptors (Lipinski definition) is 4. The largest absolute Gasteiger partial charge is 0.455 e. The third kappa shape index (κ3) is 2.35. The quantitative estimate of drug-likeness (QED) is 0.852. The van der Waals surface area contributed by atoms with Gasteiger partial charge >= 0.3 is 0 Å². The second kappa shape index (κ2) is 4.89. The first kappa shape index (κ1) is 12.1. The summed E-state index contributed by atoms with van der Waals surface area (Å²) < 4.78 is 10.8. The van der Waals surface area contributed by atoms with Crippen molar-refractivity contribution in [1.82, 2.24) is 4.90 Å². The summed E-state index contributed by atoms with van der Waals surface area (Å²) in [6, 6.07) is 3.52. The van der Waals surface area contributed by atoms with Crippen molar-refractivity contribution in [1.29, 1.82) is 0 Å². The summed E-state index contributed by atoms with van der Waals surface area (Å²) in [5, 5.41) is 0. The monoisotopic (exact) mass is 238 g/mol. The van der Waals surface area contributed by atoms with Gasteiger partial charge in [-0.25, -0.2) is 0 Å². The van der Waals surface area contributed by atoms with Gasteiger partial charge in [0, 0.05) is 13.7 Å². The average Bonchev–Trinajstić information content (AvgIpc) is 2.95. The molecule has 0 spiro atoms. The number of hydrogen-bond donors (Lipinski definition) is 1. The van der Waals surface area contributed by atoms with Crippen LogP contribution in [0.1, 0.15) is 29.7 Å². The molecule has 2 unspecified atom stereocenters. The van der Waals surface area contributed by atoms with Crippen molar-refractivity contribution in [3.8, 4) is 0 Å². The van der Waals surface area contributed by atoms with E-state index < -0.39 is 0 Å². The number of carbonyl (C=O) groups is 1. The average molecular weight is 238 g/mol. The molecule has 1 aliphatic rings. The van der Waals surface area contributed by atoms with E-state index in [0.29, 0.717) is 24.7 Å². The van der Waals surface area contributed by atoms with Crippen molar-refractivity contribution >= 4 is 5.91 Å². The molecule has 0 aliphatic carbocycles. The van der Waals surface area contributed by atoms with Crippen LogP contribution in [-0.4, -0.2) is 36.6 Å². The minimum atomic E-state index is -0.118. The summed E-state index contributed by atoms with van der Waals surface area (Å²) in [5.41, 5.74) is 5.44. The summed E-state index contributed by atoms with van der Waals surface area (Å²) in [6.45, 7) is 2.99. The first-order chi connectivity index (χ1) is 8.13. The topological polar surface area (TPSA) is 68.7 Å². The third-order valence-electron chi connectivity index (χ3n) is 3.23. The fourth-order valence-corrected chi connectivity index (χ4v) is 2.16. The highest BCUT2D eigenvalue weighted by Crippen LogP contribution is 2.20. The summed E-state index contributed by atoms with van der Waals surface area (Å²) in [7, 11) is 1.78. The lowest BCUT2D eigenvalue weighted by Crippen LogP contribution is -2.40. The van der Waals surface area contributed by atoms with Crippen LogP contribution in [-0.2, 0) is 11.3 Å². The summed E-state index contributed by atoms with van der Waals surface area (Å²) in [4.78, 5) is 13.8. The number of ether oxygens (including phenoxy) is 1. The van der Waals surface area contributed by atoms with E-state index in [1.54, 1.807) is 24.1 Å². The molecule has 1 saturated heterocycles. The molecule has 1 aromatic heterocycles. The van der Waals surface area contributed by atoms with Crippen molar-refractivity contribution in [2.45, 2.75) is 32.0 Å². The Balaban J connectivity index is 2.08. The molecular formula is C12H18N2O3. The lowest BCUT2D eigenvalue weighted by atomic mass is 10.1. The molecular weight excluding hydrogens is 220 g/mol. The summed E-state index contributed by atoms with van der Waals surface area (Å²) in [5.74, 6) is 0.844. The Hall–Kier alpha value is -1.33. The third-order valence-corrected chi connectivity index (χ3v) is 3.23. The molecule has 0 aromatic carbocycles. The SMILES string of the molecule is CC1OCCC1N(C)C(=O)c1ccc(CN)o1. The van der Waals surface area contributed by atoms with Crippen LogP contribution in [0.3, 0.4) is 0 Å². The van der Waals surface area contributed by atoms with Crippen LogP contribution < -0.4 is 5.73 Å². The predicted molar refractivity (Wildman–Crippen MR) is 62.5 cm³/mol. The highest BCUT2D eigenvalue weighted by molar-refractivity contribution is 5.91. The number of carbonyl (C=O) groups excluding carboxylic acids is 1. The Kier molecular flexibility index (Phi) is 3.49. The van der Waals surface area contributed by atoms with Gasteiger partial charge in [-0.3, -0.25) is 4.79 Å². The molecule has 1 aliphatic heterocycles. The zero-order chi connectivity index (χ0) is 12.4. The molecule has 1 fully saturated rings. The Morgan fingerprint density at radius 2 is 2.35 bits per heavy atom. The molecule has 1 amide bonds. The summed E-state index contributed by atoms with van der Waals surface area (Å²) in [6.07, 6.45) is 0.946.